The monoisotopic (exact) mass is 885 g/mol. The summed E-state index contributed by atoms with van der Waals surface area (Å²) in [5, 5.41) is 0. The molecule has 0 aromatic heterocycles. The Bertz CT molecular complexity index is 1060. The van der Waals surface area contributed by atoms with Crippen LogP contribution in [0.1, 0.15) is 290 Å². The van der Waals surface area contributed by atoms with Crippen LogP contribution < -0.4 is 0 Å². The summed E-state index contributed by atoms with van der Waals surface area (Å²) in [5.41, 5.74) is 0. The molecule has 6 nitrogen and oxygen atoms in total. The smallest absolute Gasteiger partial charge is 0.306 e. The van der Waals surface area contributed by atoms with E-state index in [1.807, 2.05) is 0 Å². The van der Waals surface area contributed by atoms with Crippen molar-refractivity contribution in [2.75, 3.05) is 13.2 Å². The molecule has 0 rings (SSSR count). The Morgan fingerprint density at radius 2 is 0.571 bits per heavy atom. The van der Waals surface area contributed by atoms with Crippen LogP contribution in [-0.2, 0) is 28.6 Å². The van der Waals surface area contributed by atoms with Crippen LogP contribution in [0.2, 0.25) is 0 Å². The Balaban J connectivity index is 4.38. The van der Waals surface area contributed by atoms with Gasteiger partial charge in [0.15, 0.2) is 6.10 Å². The maximum atomic E-state index is 12.8. The van der Waals surface area contributed by atoms with Crippen LogP contribution in [0.5, 0.6) is 0 Å². The molecule has 0 unspecified atom stereocenters. The fourth-order valence-corrected chi connectivity index (χ4v) is 7.94. The van der Waals surface area contributed by atoms with Crippen molar-refractivity contribution in [3.8, 4) is 0 Å². The summed E-state index contributed by atoms with van der Waals surface area (Å²) in [7, 11) is 0. The average Bonchev–Trinajstić information content (AvgIpc) is 3.28. The van der Waals surface area contributed by atoms with E-state index in [1.165, 1.54) is 161 Å². The van der Waals surface area contributed by atoms with Crippen molar-refractivity contribution in [2.24, 2.45) is 0 Å². The number of hydrogen-bond donors (Lipinski definition) is 0. The van der Waals surface area contributed by atoms with Gasteiger partial charge in [-0.2, -0.15) is 0 Å². The fraction of sp³-hybridized carbons (Fsp3) is 0.842. The highest BCUT2D eigenvalue weighted by molar-refractivity contribution is 5.71. The first-order valence-corrected chi connectivity index (χ1v) is 27.5. The zero-order chi connectivity index (χ0) is 45.8. The number of ether oxygens (including phenoxy) is 3. The first kappa shape index (κ1) is 60.6. The average molecular weight is 885 g/mol. The molecular formula is C57H104O6. The summed E-state index contributed by atoms with van der Waals surface area (Å²) >= 11 is 0. The van der Waals surface area contributed by atoms with E-state index in [9.17, 15) is 14.4 Å². The van der Waals surface area contributed by atoms with Gasteiger partial charge in [-0.3, -0.25) is 14.4 Å². The van der Waals surface area contributed by atoms with Crippen LogP contribution >= 0.6 is 0 Å². The summed E-state index contributed by atoms with van der Waals surface area (Å²) in [5.74, 6) is -0.886. The molecule has 63 heavy (non-hydrogen) atoms. The number of rotatable bonds is 50. The Hall–Kier alpha value is -2.37. The molecule has 0 saturated carbocycles. The molecule has 0 aliphatic heterocycles. The zero-order valence-electron chi connectivity index (χ0n) is 42.1. The highest BCUT2D eigenvalue weighted by Gasteiger charge is 2.19. The minimum atomic E-state index is -0.779. The predicted octanol–water partition coefficient (Wildman–Crippen LogP) is 18.1. The third-order valence-electron chi connectivity index (χ3n) is 12.1. The molecule has 0 N–H and O–H groups in total. The molecule has 0 aliphatic rings. The lowest BCUT2D eigenvalue weighted by atomic mass is 10.0. The number of esters is 3. The molecule has 0 aromatic carbocycles. The van der Waals surface area contributed by atoms with Crippen LogP contribution in [0.15, 0.2) is 36.5 Å². The maximum Gasteiger partial charge on any atom is 0.306 e. The van der Waals surface area contributed by atoms with Crippen LogP contribution in [0.25, 0.3) is 0 Å². The van der Waals surface area contributed by atoms with Crippen molar-refractivity contribution < 1.29 is 28.6 Å². The van der Waals surface area contributed by atoms with Gasteiger partial charge >= 0.3 is 17.9 Å². The van der Waals surface area contributed by atoms with Crippen molar-refractivity contribution >= 4 is 17.9 Å². The van der Waals surface area contributed by atoms with Gasteiger partial charge in [0.25, 0.3) is 0 Å². The van der Waals surface area contributed by atoms with Crippen LogP contribution in [0.4, 0.5) is 0 Å². The SMILES string of the molecule is CCCCC/C=C\CC=CCCCCCCCC(=O)O[C@H](COC(=O)CCCCCCC/C=C\CCCCCCCC)COC(=O)CCCCCCCCCCCCCCCCC. The van der Waals surface area contributed by atoms with Gasteiger partial charge in [0.05, 0.1) is 0 Å². The van der Waals surface area contributed by atoms with E-state index in [4.69, 9.17) is 14.2 Å². The van der Waals surface area contributed by atoms with Gasteiger partial charge in [0.1, 0.15) is 13.2 Å². The Labute approximate surface area is 391 Å². The van der Waals surface area contributed by atoms with Gasteiger partial charge in [0.2, 0.25) is 0 Å². The first-order chi connectivity index (χ1) is 31.0. The number of carbonyl (C=O) groups is 3. The number of carbonyl (C=O) groups excluding carboxylic acids is 3. The van der Waals surface area contributed by atoms with Gasteiger partial charge in [-0.15, -0.1) is 0 Å². The fourth-order valence-electron chi connectivity index (χ4n) is 7.94. The highest BCUT2D eigenvalue weighted by atomic mass is 16.6. The third kappa shape index (κ3) is 50.5. The van der Waals surface area contributed by atoms with Gasteiger partial charge in [-0.05, 0) is 77.0 Å². The second-order valence-corrected chi connectivity index (χ2v) is 18.5. The minimum absolute atomic E-state index is 0.0772. The van der Waals surface area contributed by atoms with E-state index in [0.717, 1.165) is 89.9 Å². The van der Waals surface area contributed by atoms with Crippen molar-refractivity contribution in [3.05, 3.63) is 36.5 Å². The predicted molar refractivity (Wildman–Crippen MR) is 270 cm³/mol. The standard InChI is InChI=1S/C57H104O6/c1-4-7-10-13-16-19-22-25-28-31-34-37-40-43-46-49-55(58)61-52-54(63-57(60)51-48-45-42-39-36-33-30-27-24-21-18-15-12-9-6-3)53-62-56(59)50-47-44-41-38-35-32-29-26-23-20-17-14-11-8-5-2/h18,21,25,27-28,30,54H,4-17,19-20,22-24,26,29,31-53H2,1-3H3/b21-18-,28-25-,30-27?/t54-/m1/s1. The van der Waals surface area contributed by atoms with Gasteiger partial charge < -0.3 is 14.2 Å². The summed E-state index contributed by atoms with van der Waals surface area (Å²) < 4.78 is 16.8. The topological polar surface area (TPSA) is 78.9 Å². The van der Waals surface area contributed by atoms with E-state index in [2.05, 4.69) is 57.2 Å². The first-order valence-electron chi connectivity index (χ1n) is 27.5. The Kier molecular flexibility index (Phi) is 50.3. The lowest BCUT2D eigenvalue weighted by Gasteiger charge is -2.18. The molecule has 0 amide bonds. The molecule has 0 aromatic rings. The van der Waals surface area contributed by atoms with Crippen LogP contribution in [0.3, 0.4) is 0 Å². The molecule has 0 spiro atoms. The summed E-state index contributed by atoms with van der Waals surface area (Å²) in [6, 6.07) is 0. The normalized spacial score (nSPS) is 12.2. The van der Waals surface area contributed by atoms with E-state index >= 15 is 0 Å². The summed E-state index contributed by atoms with van der Waals surface area (Å²) in [4.78, 5) is 38.0. The lowest BCUT2D eigenvalue weighted by molar-refractivity contribution is -0.167. The van der Waals surface area contributed by atoms with E-state index in [0.29, 0.717) is 19.3 Å². The number of unbranched alkanes of at least 4 members (excludes halogenated alkanes) is 33. The molecule has 0 radical (unpaired) electrons. The van der Waals surface area contributed by atoms with Gasteiger partial charge in [-0.25, -0.2) is 0 Å². The lowest BCUT2D eigenvalue weighted by Crippen LogP contribution is -2.30. The molecule has 368 valence electrons. The van der Waals surface area contributed by atoms with Crippen LogP contribution in [0, 0.1) is 0 Å². The zero-order valence-corrected chi connectivity index (χ0v) is 42.1. The molecular weight excluding hydrogens is 781 g/mol. The number of hydrogen-bond acceptors (Lipinski definition) is 6. The Morgan fingerprint density at radius 1 is 0.317 bits per heavy atom. The second-order valence-electron chi connectivity index (χ2n) is 18.5. The highest BCUT2D eigenvalue weighted by Crippen LogP contribution is 2.16. The van der Waals surface area contributed by atoms with Crippen molar-refractivity contribution in [1.82, 2.24) is 0 Å². The summed E-state index contributed by atoms with van der Waals surface area (Å²) in [6.45, 7) is 6.62. The molecule has 0 bridgehead atoms. The van der Waals surface area contributed by atoms with Crippen molar-refractivity contribution in [2.45, 2.75) is 297 Å². The van der Waals surface area contributed by atoms with E-state index < -0.39 is 6.10 Å². The molecule has 0 fully saturated rings. The minimum Gasteiger partial charge on any atom is -0.462 e. The molecule has 6 heteroatoms. The maximum absolute atomic E-state index is 12.8. The molecule has 0 saturated heterocycles. The van der Waals surface area contributed by atoms with E-state index in [1.54, 1.807) is 0 Å². The van der Waals surface area contributed by atoms with Crippen LogP contribution in [-0.4, -0.2) is 37.2 Å². The van der Waals surface area contributed by atoms with Crippen molar-refractivity contribution in [3.63, 3.8) is 0 Å². The van der Waals surface area contributed by atoms with E-state index in [-0.39, 0.29) is 31.1 Å². The van der Waals surface area contributed by atoms with Gasteiger partial charge in [0, 0.05) is 19.3 Å². The van der Waals surface area contributed by atoms with Crippen molar-refractivity contribution in [1.29, 1.82) is 0 Å². The quantitative estimate of drug-likeness (QED) is 0.0262. The second kappa shape index (κ2) is 52.3. The van der Waals surface area contributed by atoms with Gasteiger partial charge in [-0.1, -0.05) is 231 Å². The largest absolute Gasteiger partial charge is 0.462 e. The third-order valence-corrected chi connectivity index (χ3v) is 12.1. The molecule has 0 heterocycles. The number of allylic oxidation sites excluding steroid dienone is 6. The Morgan fingerprint density at radius 3 is 0.921 bits per heavy atom. The molecule has 0 aliphatic carbocycles. The summed E-state index contributed by atoms with van der Waals surface area (Å²) in [6.07, 6.45) is 61.2. The molecule has 1 atom stereocenters.